The monoisotopic (exact) mass is 324 g/mol. The highest BCUT2D eigenvalue weighted by Gasteiger charge is 2.31. The van der Waals surface area contributed by atoms with Gasteiger partial charge in [-0.2, -0.15) is 0 Å². The van der Waals surface area contributed by atoms with Gasteiger partial charge in [0.15, 0.2) is 0 Å². The zero-order chi connectivity index (χ0) is 15.5. The van der Waals surface area contributed by atoms with Crippen molar-refractivity contribution in [2.45, 2.75) is 30.1 Å². The molecule has 1 aromatic rings. The lowest BCUT2D eigenvalue weighted by atomic mass is 10.1. The molecule has 1 saturated heterocycles. The van der Waals surface area contributed by atoms with E-state index in [1.54, 1.807) is 0 Å². The normalized spacial score (nSPS) is 20.2. The van der Waals surface area contributed by atoms with Crippen LogP contribution in [-0.2, 0) is 10.0 Å². The van der Waals surface area contributed by atoms with Crippen LogP contribution in [0, 0.1) is 0 Å². The summed E-state index contributed by atoms with van der Waals surface area (Å²) < 4.78 is 66.9. The zero-order valence-corrected chi connectivity index (χ0v) is 11.8. The SMILES string of the molecule is O=S(=O)(NC1CCCNC1)c1cccc(OC(F)(F)F)c1. The number of rotatable bonds is 4. The molecule has 0 aromatic heterocycles. The molecule has 9 heteroatoms. The molecule has 1 aliphatic rings. The topological polar surface area (TPSA) is 67.4 Å². The maximum atomic E-state index is 12.1. The van der Waals surface area contributed by atoms with Crippen molar-refractivity contribution in [3.05, 3.63) is 24.3 Å². The number of halogens is 3. The Labute approximate surface area is 120 Å². The number of alkyl halides is 3. The van der Waals surface area contributed by atoms with Gasteiger partial charge >= 0.3 is 6.36 Å². The van der Waals surface area contributed by atoms with E-state index in [-0.39, 0.29) is 10.9 Å². The minimum atomic E-state index is -4.86. The summed E-state index contributed by atoms with van der Waals surface area (Å²) >= 11 is 0. The fraction of sp³-hybridized carbons (Fsp3) is 0.500. The molecule has 0 aliphatic carbocycles. The van der Waals surface area contributed by atoms with Crippen LogP contribution in [0.2, 0.25) is 0 Å². The maximum Gasteiger partial charge on any atom is 0.573 e. The fourth-order valence-corrected chi connectivity index (χ4v) is 3.38. The second-order valence-corrected chi connectivity index (χ2v) is 6.40. The number of piperidine rings is 1. The van der Waals surface area contributed by atoms with Crippen LogP contribution in [0.25, 0.3) is 0 Å². The smallest absolute Gasteiger partial charge is 0.406 e. The summed E-state index contributed by atoms with van der Waals surface area (Å²) in [5, 5.41) is 3.05. The minimum Gasteiger partial charge on any atom is -0.406 e. The predicted molar refractivity (Wildman–Crippen MR) is 69.3 cm³/mol. The van der Waals surface area contributed by atoms with Crippen molar-refractivity contribution < 1.29 is 26.3 Å². The Morgan fingerprint density at radius 3 is 2.71 bits per heavy atom. The highest BCUT2D eigenvalue weighted by molar-refractivity contribution is 7.89. The van der Waals surface area contributed by atoms with Crippen molar-refractivity contribution in [1.29, 1.82) is 0 Å². The molecular formula is C12H15F3N2O3S. The predicted octanol–water partition coefficient (Wildman–Crippen LogP) is 1.62. The third-order valence-electron chi connectivity index (χ3n) is 2.97. The molecule has 5 nitrogen and oxygen atoms in total. The van der Waals surface area contributed by atoms with Crippen LogP contribution >= 0.6 is 0 Å². The first-order valence-corrected chi connectivity index (χ1v) is 7.83. The number of nitrogens with one attached hydrogen (secondary N) is 2. The van der Waals surface area contributed by atoms with E-state index in [0.29, 0.717) is 13.0 Å². The number of ether oxygens (including phenoxy) is 1. The van der Waals surface area contributed by atoms with Crippen LogP contribution in [0.1, 0.15) is 12.8 Å². The van der Waals surface area contributed by atoms with E-state index in [1.807, 2.05) is 0 Å². The second kappa shape index (κ2) is 6.20. The van der Waals surface area contributed by atoms with Crippen LogP contribution in [0.5, 0.6) is 5.75 Å². The molecule has 0 radical (unpaired) electrons. The average Bonchev–Trinajstić information content (AvgIpc) is 2.37. The van der Waals surface area contributed by atoms with E-state index < -0.39 is 22.1 Å². The van der Waals surface area contributed by atoms with E-state index >= 15 is 0 Å². The summed E-state index contributed by atoms with van der Waals surface area (Å²) in [6.45, 7) is 1.32. The van der Waals surface area contributed by atoms with Gasteiger partial charge in [0.2, 0.25) is 10.0 Å². The van der Waals surface area contributed by atoms with Gasteiger partial charge < -0.3 is 10.1 Å². The van der Waals surface area contributed by atoms with Crippen molar-refractivity contribution in [2.24, 2.45) is 0 Å². The lowest BCUT2D eigenvalue weighted by Crippen LogP contribution is -2.45. The average molecular weight is 324 g/mol. The Kier molecular flexibility index (Phi) is 4.74. The van der Waals surface area contributed by atoms with Crippen molar-refractivity contribution in [1.82, 2.24) is 10.0 Å². The summed E-state index contributed by atoms with van der Waals surface area (Å²) in [5.41, 5.74) is 0. The molecule has 2 rings (SSSR count). The number of benzene rings is 1. The Balaban J connectivity index is 2.13. The molecule has 0 spiro atoms. The van der Waals surface area contributed by atoms with Crippen molar-refractivity contribution in [2.75, 3.05) is 13.1 Å². The van der Waals surface area contributed by atoms with E-state index in [1.165, 1.54) is 12.1 Å². The van der Waals surface area contributed by atoms with Gasteiger partial charge in [-0.05, 0) is 31.5 Å². The van der Waals surface area contributed by atoms with Gasteiger partial charge in [0, 0.05) is 18.7 Å². The molecule has 1 aromatic carbocycles. The van der Waals surface area contributed by atoms with Crippen molar-refractivity contribution in [3.63, 3.8) is 0 Å². The first kappa shape index (κ1) is 16.1. The van der Waals surface area contributed by atoms with Gasteiger partial charge in [0.05, 0.1) is 4.90 Å². The molecular weight excluding hydrogens is 309 g/mol. The van der Waals surface area contributed by atoms with Gasteiger partial charge in [0.25, 0.3) is 0 Å². The van der Waals surface area contributed by atoms with Gasteiger partial charge in [-0.15, -0.1) is 13.2 Å². The quantitative estimate of drug-likeness (QED) is 0.883. The van der Waals surface area contributed by atoms with Gasteiger partial charge in [-0.25, -0.2) is 13.1 Å². The summed E-state index contributed by atoms with van der Waals surface area (Å²) in [4.78, 5) is -0.255. The molecule has 21 heavy (non-hydrogen) atoms. The molecule has 1 unspecified atom stereocenters. The van der Waals surface area contributed by atoms with E-state index in [2.05, 4.69) is 14.8 Å². The van der Waals surface area contributed by atoms with Crippen LogP contribution in [0.4, 0.5) is 13.2 Å². The number of hydrogen-bond acceptors (Lipinski definition) is 4. The summed E-state index contributed by atoms with van der Waals surface area (Å²) in [6.07, 6.45) is -3.33. The molecule has 1 atom stereocenters. The van der Waals surface area contributed by atoms with Crippen molar-refractivity contribution >= 4 is 10.0 Å². The highest BCUT2D eigenvalue weighted by atomic mass is 32.2. The van der Waals surface area contributed by atoms with Crippen LogP contribution in [-0.4, -0.2) is 33.9 Å². The molecule has 2 N–H and O–H groups in total. The molecule has 0 amide bonds. The Morgan fingerprint density at radius 1 is 1.33 bits per heavy atom. The summed E-state index contributed by atoms with van der Waals surface area (Å²) in [5.74, 6) is -0.563. The van der Waals surface area contributed by atoms with Crippen LogP contribution in [0.15, 0.2) is 29.2 Å². The molecule has 0 bridgehead atoms. The first-order valence-electron chi connectivity index (χ1n) is 6.35. The van der Waals surface area contributed by atoms with Gasteiger partial charge in [0.1, 0.15) is 5.75 Å². The largest absolute Gasteiger partial charge is 0.573 e. The molecule has 0 saturated carbocycles. The van der Waals surface area contributed by atoms with Crippen molar-refractivity contribution in [3.8, 4) is 5.75 Å². The Hall–Kier alpha value is -1.32. The first-order chi connectivity index (χ1) is 9.76. The van der Waals surface area contributed by atoms with Gasteiger partial charge in [-0.3, -0.25) is 0 Å². The zero-order valence-electron chi connectivity index (χ0n) is 11.0. The van der Waals surface area contributed by atoms with Crippen LogP contribution in [0.3, 0.4) is 0 Å². The Bertz CT molecular complexity index is 584. The molecule has 1 aliphatic heterocycles. The standard InChI is InChI=1S/C12H15F3N2O3S/c13-12(14,15)20-10-4-1-5-11(7-10)21(18,19)17-9-3-2-6-16-8-9/h1,4-5,7,9,16-17H,2-3,6,8H2. The molecule has 1 fully saturated rings. The summed E-state index contributed by atoms with van der Waals surface area (Å²) in [7, 11) is -3.88. The number of sulfonamides is 1. The lowest BCUT2D eigenvalue weighted by molar-refractivity contribution is -0.274. The van der Waals surface area contributed by atoms with Gasteiger partial charge in [-0.1, -0.05) is 6.07 Å². The minimum absolute atomic E-state index is 0.255. The Morgan fingerprint density at radius 2 is 2.10 bits per heavy atom. The molecule has 118 valence electrons. The second-order valence-electron chi connectivity index (χ2n) is 4.69. The van der Waals surface area contributed by atoms with E-state index in [9.17, 15) is 21.6 Å². The van der Waals surface area contributed by atoms with E-state index in [0.717, 1.165) is 25.1 Å². The summed E-state index contributed by atoms with van der Waals surface area (Å²) in [6, 6.07) is 4.06. The fourth-order valence-electron chi connectivity index (χ4n) is 2.08. The third-order valence-corrected chi connectivity index (χ3v) is 4.49. The van der Waals surface area contributed by atoms with Crippen LogP contribution < -0.4 is 14.8 Å². The third kappa shape index (κ3) is 4.87. The highest BCUT2D eigenvalue weighted by Crippen LogP contribution is 2.25. The lowest BCUT2D eigenvalue weighted by Gasteiger charge is -2.23. The van der Waals surface area contributed by atoms with E-state index in [4.69, 9.17) is 0 Å². The number of hydrogen-bond donors (Lipinski definition) is 2. The molecule has 1 heterocycles. The maximum absolute atomic E-state index is 12.1.